The zero-order valence-electron chi connectivity index (χ0n) is 18.8. The predicted octanol–water partition coefficient (Wildman–Crippen LogP) is 3.31. The second-order valence-electron chi connectivity index (χ2n) is 8.24. The second kappa shape index (κ2) is 9.96. The molecule has 8 nitrogen and oxygen atoms in total. The van der Waals surface area contributed by atoms with Crippen molar-refractivity contribution in [3.05, 3.63) is 82.3 Å². The number of benzene rings is 1. The highest BCUT2D eigenvalue weighted by molar-refractivity contribution is 7.10. The van der Waals surface area contributed by atoms with Crippen LogP contribution < -0.4 is 10.3 Å². The minimum atomic E-state index is -1.15. The average Bonchev–Trinajstić information content (AvgIpc) is 3.45. The van der Waals surface area contributed by atoms with Crippen LogP contribution in [-0.4, -0.2) is 39.7 Å². The van der Waals surface area contributed by atoms with Gasteiger partial charge in [-0.15, -0.1) is 11.3 Å². The Morgan fingerprint density at radius 3 is 2.53 bits per heavy atom. The average molecular weight is 477 g/mol. The molecule has 4 rings (SSSR count). The van der Waals surface area contributed by atoms with Gasteiger partial charge in [0.25, 0.3) is 11.8 Å². The standard InChI is InChI=1S/C25H24N4O4S/c1-16(2)17-7-9-19(10-8-17)28-22(30)14-21(25(28)33)29(23(31)13-20-6-4-12-34-20)27-24(32)18-5-3-11-26-15-18/h3-12,15-16,21H,13-14H2,1-2H3,(H,27,32). The summed E-state index contributed by atoms with van der Waals surface area (Å²) in [5.41, 5.74) is 4.29. The Hall–Kier alpha value is -3.85. The topological polar surface area (TPSA) is 99.7 Å². The molecule has 1 saturated heterocycles. The van der Waals surface area contributed by atoms with E-state index in [2.05, 4.69) is 24.3 Å². The number of carbonyl (C=O) groups excluding carboxylic acids is 4. The fraction of sp³-hybridized carbons (Fsp3) is 0.240. The monoisotopic (exact) mass is 476 g/mol. The lowest BCUT2D eigenvalue weighted by molar-refractivity contribution is -0.140. The lowest BCUT2D eigenvalue weighted by Gasteiger charge is -2.28. The summed E-state index contributed by atoms with van der Waals surface area (Å²) in [6.07, 6.45) is 2.65. The van der Waals surface area contributed by atoms with Crippen molar-refractivity contribution in [2.45, 2.75) is 38.6 Å². The van der Waals surface area contributed by atoms with E-state index < -0.39 is 29.7 Å². The third-order valence-corrected chi connectivity index (χ3v) is 6.45. The number of thiophene rings is 1. The van der Waals surface area contributed by atoms with Crippen LogP contribution in [0.3, 0.4) is 0 Å². The smallest absolute Gasteiger partial charge is 0.271 e. The van der Waals surface area contributed by atoms with Crippen LogP contribution in [0.1, 0.15) is 47.0 Å². The van der Waals surface area contributed by atoms with Gasteiger partial charge in [-0.05, 0) is 47.2 Å². The summed E-state index contributed by atoms with van der Waals surface area (Å²) < 4.78 is 0. The molecule has 1 aromatic carbocycles. The molecular formula is C25H24N4O4S. The third-order valence-electron chi connectivity index (χ3n) is 5.57. The Balaban J connectivity index is 1.60. The minimum absolute atomic E-state index is 0.00789. The van der Waals surface area contributed by atoms with Crippen LogP contribution in [0.5, 0.6) is 0 Å². The van der Waals surface area contributed by atoms with Crippen LogP contribution in [0, 0.1) is 0 Å². The van der Waals surface area contributed by atoms with Gasteiger partial charge in [0, 0.05) is 17.3 Å². The van der Waals surface area contributed by atoms with Gasteiger partial charge >= 0.3 is 0 Å². The summed E-state index contributed by atoms with van der Waals surface area (Å²) in [7, 11) is 0. The molecule has 0 radical (unpaired) electrons. The molecule has 0 bridgehead atoms. The molecule has 1 fully saturated rings. The van der Waals surface area contributed by atoms with Gasteiger partial charge in [0.1, 0.15) is 6.04 Å². The van der Waals surface area contributed by atoms with E-state index in [1.165, 1.54) is 23.7 Å². The zero-order valence-corrected chi connectivity index (χ0v) is 19.6. The van der Waals surface area contributed by atoms with E-state index in [-0.39, 0.29) is 18.4 Å². The van der Waals surface area contributed by atoms with Gasteiger partial charge < -0.3 is 0 Å². The van der Waals surface area contributed by atoms with Gasteiger partial charge in [0.15, 0.2) is 0 Å². The number of carbonyl (C=O) groups is 4. The summed E-state index contributed by atoms with van der Waals surface area (Å²) in [4.78, 5) is 58.0. The maximum atomic E-state index is 13.4. The summed E-state index contributed by atoms with van der Waals surface area (Å²) in [6, 6.07) is 12.8. The summed E-state index contributed by atoms with van der Waals surface area (Å²) in [6.45, 7) is 4.11. The van der Waals surface area contributed by atoms with Crippen LogP contribution in [0.15, 0.2) is 66.3 Å². The van der Waals surface area contributed by atoms with Gasteiger partial charge in [-0.25, -0.2) is 9.91 Å². The molecule has 4 amide bonds. The number of nitrogens with zero attached hydrogens (tertiary/aromatic N) is 3. The SMILES string of the molecule is CC(C)c1ccc(N2C(=O)CC(N(NC(=O)c3cccnc3)C(=O)Cc3cccs3)C2=O)cc1. The second-order valence-corrected chi connectivity index (χ2v) is 9.27. The molecule has 1 N–H and O–H groups in total. The maximum absolute atomic E-state index is 13.4. The first-order valence-electron chi connectivity index (χ1n) is 10.9. The molecule has 9 heteroatoms. The number of imide groups is 1. The Morgan fingerprint density at radius 1 is 1.15 bits per heavy atom. The molecule has 1 aliphatic rings. The normalized spacial score (nSPS) is 15.6. The summed E-state index contributed by atoms with van der Waals surface area (Å²) >= 11 is 1.40. The Morgan fingerprint density at radius 2 is 1.91 bits per heavy atom. The molecule has 1 aliphatic heterocycles. The Bertz CT molecular complexity index is 1190. The molecular weight excluding hydrogens is 452 g/mol. The molecule has 174 valence electrons. The number of hydrogen-bond acceptors (Lipinski definition) is 6. The van der Waals surface area contributed by atoms with Gasteiger partial charge in [0.2, 0.25) is 11.8 Å². The van der Waals surface area contributed by atoms with Crippen LogP contribution in [0.25, 0.3) is 0 Å². The molecule has 0 saturated carbocycles. The number of anilines is 1. The first-order valence-corrected chi connectivity index (χ1v) is 11.8. The quantitative estimate of drug-likeness (QED) is 0.435. The molecule has 1 atom stereocenters. The number of nitrogens with one attached hydrogen (secondary N) is 1. The largest absolute Gasteiger partial charge is 0.274 e. The molecule has 0 aliphatic carbocycles. The first kappa shape index (κ1) is 23.3. The first-order chi connectivity index (χ1) is 16.3. The maximum Gasteiger partial charge on any atom is 0.271 e. The molecule has 3 aromatic rings. The van der Waals surface area contributed by atoms with Crippen LogP contribution in [0.4, 0.5) is 5.69 Å². The third kappa shape index (κ3) is 4.89. The van der Waals surface area contributed by atoms with E-state index in [1.54, 1.807) is 30.3 Å². The molecule has 2 aromatic heterocycles. The van der Waals surface area contributed by atoms with Crippen molar-refractivity contribution in [2.24, 2.45) is 0 Å². The van der Waals surface area contributed by atoms with E-state index in [4.69, 9.17) is 0 Å². The summed E-state index contributed by atoms with van der Waals surface area (Å²) in [5.74, 6) is -1.76. The van der Waals surface area contributed by atoms with Gasteiger partial charge in [0.05, 0.1) is 24.1 Å². The number of aromatic nitrogens is 1. The number of amides is 4. The van der Waals surface area contributed by atoms with E-state index in [0.717, 1.165) is 20.3 Å². The minimum Gasteiger partial charge on any atom is -0.274 e. The van der Waals surface area contributed by atoms with Crippen molar-refractivity contribution in [1.82, 2.24) is 15.4 Å². The van der Waals surface area contributed by atoms with Crippen molar-refractivity contribution < 1.29 is 19.2 Å². The van der Waals surface area contributed by atoms with Gasteiger partial charge in [-0.3, -0.25) is 29.6 Å². The number of hydrazine groups is 1. The fourth-order valence-corrected chi connectivity index (χ4v) is 4.43. The highest BCUT2D eigenvalue weighted by Crippen LogP contribution is 2.27. The Labute approximate surface area is 201 Å². The van der Waals surface area contributed by atoms with Crippen molar-refractivity contribution >= 4 is 40.7 Å². The van der Waals surface area contributed by atoms with Crippen molar-refractivity contribution in [3.8, 4) is 0 Å². The number of pyridine rings is 1. The number of rotatable bonds is 6. The lowest BCUT2D eigenvalue weighted by Crippen LogP contribution is -2.55. The van der Waals surface area contributed by atoms with Crippen molar-refractivity contribution in [1.29, 1.82) is 0 Å². The molecule has 0 spiro atoms. The van der Waals surface area contributed by atoms with E-state index in [1.807, 2.05) is 23.6 Å². The van der Waals surface area contributed by atoms with Crippen LogP contribution in [-0.2, 0) is 20.8 Å². The Kier molecular flexibility index (Phi) is 6.83. The molecule has 1 unspecified atom stereocenters. The summed E-state index contributed by atoms with van der Waals surface area (Å²) in [5, 5.41) is 2.84. The number of hydrogen-bond donors (Lipinski definition) is 1. The van der Waals surface area contributed by atoms with E-state index in [0.29, 0.717) is 11.6 Å². The predicted molar refractivity (Wildman–Crippen MR) is 128 cm³/mol. The highest BCUT2D eigenvalue weighted by Gasteiger charge is 2.45. The van der Waals surface area contributed by atoms with E-state index in [9.17, 15) is 19.2 Å². The lowest BCUT2D eigenvalue weighted by atomic mass is 10.0. The van der Waals surface area contributed by atoms with Gasteiger partial charge in [-0.1, -0.05) is 32.0 Å². The molecule has 3 heterocycles. The van der Waals surface area contributed by atoms with Gasteiger partial charge in [-0.2, -0.15) is 0 Å². The van der Waals surface area contributed by atoms with Crippen molar-refractivity contribution in [3.63, 3.8) is 0 Å². The molecule has 34 heavy (non-hydrogen) atoms. The van der Waals surface area contributed by atoms with Crippen LogP contribution >= 0.6 is 11.3 Å². The fourth-order valence-electron chi connectivity index (χ4n) is 3.73. The highest BCUT2D eigenvalue weighted by atomic mass is 32.1. The van der Waals surface area contributed by atoms with Crippen LogP contribution in [0.2, 0.25) is 0 Å². The van der Waals surface area contributed by atoms with Crippen molar-refractivity contribution in [2.75, 3.05) is 4.90 Å². The zero-order chi connectivity index (χ0) is 24.2. The van der Waals surface area contributed by atoms with E-state index >= 15 is 0 Å².